The lowest BCUT2D eigenvalue weighted by Gasteiger charge is -2.25. The fraction of sp³-hybridized carbons (Fsp3) is 0.294. The van der Waals surface area contributed by atoms with Gasteiger partial charge in [0.2, 0.25) is 5.88 Å². The number of nitrogens with zero attached hydrogens (tertiary/aromatic N) is 4. The van der Waals surface area contributed by atoms with E-state index in [1.54, 1.807) is 43.9 Å². The highest BCUT2D eigenvalue weighted by molar-refractivity contribution is 7.70. The monoisotopic (exact) mass is 626 g/mol. The van der Waals surface area contributed by atoms with Crippen molar-refractivity contribution in [1.82, 2.24) is 19.7 Å². The number of fused-ring (bicyclic) bond motifs is 1. The van der Waals surface area contributed by atoms with Crippen molar-refractivity contribution < 1.29 is 18.8 Å². The third-order valence-corrected chi connectivity index (χ3v) is 8.83. The third kappa shape index (κ3) is 7.70. The van der Waals surface area contributed by atoms with Crippen LogP contribution in [0.5, 0.6) is 17.4 Å². The smallest absolute Gasteiger partial charge is 0.323 e. The average Bonchev–Trinajstić information content (AvgIpc) is 3.51. The Labute approximate surface area is 263 Å². The number of rotatable bonds is 10. The second-order valence-corrected chi connectivity index (χ2v) is 15.4. The molecular formula is C34H39N6O4P. The molecule has 2 heterocycles. The lowest BCUT2D eigenvalue weighted by atomic mass is 9.86. The molecule has 234 valence electrons. The highest BCUT2D eigenvalue weighted by Crippen LogP contribution is 2.43. The molecule has 0 saturated heterocycles. The Bertz CT molecular complexity index is 1860. The van der Waals surface area contributed by atoms with E-state index >= 15 is 0 Å². The molecule has 2 amide bonds. The van der Waals surface area contributed by atoms with E-state index in [-0.39, 0.29) is 5.41 Å². The van der Waals surface area contributed by atoms with Gasteiger partial charge in [0.1, 0.15) is 18.7 Å². The summed E-state index contributed by atoms with van der Waals surface area (Å²) in [5.74, 6) is 2.12. The van der Waals surface area contributed by atoms with Gasteiger partial charge in [0.25, 0.3) is 0 Å². The molecule has 5 aromatic rings. The first kappa shape index (κ1) is 31.7. The lowest BCUT2D eigenvalue weighted by Crippen LogP contribution is -2.23. The van der Waals surface area contributed by atoms with E-state index in [0.29, 0.717) is 46.3 Å². The second-order valence-electron chi connectivity index (χ2n) is 12.2. The van der Waals surface area contributed by atoms with Crippen LogP contribution < -0.4 is 25.4 Å². The van der Waals surface area contributed by atoms with Gasteiger partial charge in [-0.05, 0) is 61.1 Å². The van der Waals surface area contributed by atoms with Gasteiger partial charge in [-0.2, -0.15) is 10.1 Å². The van der Waals surface area contributed by atoms with E-state index in [2.05, 4.69) is 46.5 Å². The van der Waals surface area contributed by atoms with Crippen molar-refractivity contribution in [2.45, 2.75) is 45.6 Å². The minimum absolute atomic E-state index is 0.236. The predicted octanol–water partition coefficient (Wildman–Crippen LogP) is 7.45. The molecule has 3 aromatic carbocycles. The van der Waals surface area contributed by atoms with Crippen molar-refractivity contribution >= 4 is 40.6 Å². The van der Waals surface area contributed by atoms with Gasteiger partial charge in [0.15, 0.2) is 5.75 Å². The van der Waals surface area contributed by atoms with Crippen LogP contribution in [-0.4, -0.2) is 46.2 Å². The first-order valence-corrected chi connectivity index (χ1v) is 17.4. The van der Waals surface area contributed by atoms with Gasteiger partial charge >= 0.3 is 6.03 Å². The maximum Gasteiger partial charge on any atom is 0.323 e. The Balaban J connectivity index is 1.36. The standard InChI is InChI=1S/C34H39N6O4P/c1-34(2,3)23-21-27(32(43-4)29(22-23)45(5,6)42)38-33(41)37-26-14-15-28(25-12-8-7-11-24(25)26)44-31-16-18-35-30(39-31)13-9-19-40-20-10-17-36-40/h7-8,10-12,14-18,20-22H,9,13,19H2,1-6H3,(H2,37,38,41). The van der Waals surface area contributed by atoms with Crippen LogP contribution in [0.3, 0.4) is 0 Å². The number of hydrogen-bond acceptors (Lipinski definition) is 7. The lowest BCUT2D eigenvalue weighted by molar-refractivity contribution is 0.262. The summed E-state index contributed by atoms with van der Waals surface area (Å²) >= 11 is 0. The Morgan fingerprint density at radius 1 is 0.956 bits per heavy atom. The molecule has 0 radical (unpaired) electrons. The summed E-state index contributed by atoms with van der Waals surface area (Å²) in [6, 6.07) is 18.2. The summed E-state index contributed by atoms with van der Waals surface area (Å²) in [5, 5.41) is 12.3. The Kier molecular flexibility index (Phi) is 9.25. The molecular weight excluding hydrogens is 587 g/mol. The molecule has 11 heteroatoms. The summed E-state index contributed by atoms with van der Waals surface area (Å²) in [7, 11) is -1.20. The molecule has 5 rings (SSSR count). The van der Waals surface area contributed by atoms with Crippen molar-refractivity contribution in [2.75, 3.05) is 31.1 Å². The Morgan fingerprint density at radius 3 is 2.40 bits per heavy atom. The van der Waals surface area contributed by atoms with Crippen LogP contribution in [0.2, 0.25) is 0 Å². The minimum atomic E-state index is -2.72. The number of benzene rings is 3. The number of amides is 2. The number of nitrogens with one attached hydrogen (secondary N) is 2. The molecule has 0 atom stereocenters. The molecule has 0 bridgehead atoms. The van der Waals surface area contributed by atoms with Crippen molar-refractivity contribution in [2.24, 2.45) is 0 Å². The van der Waals surface area contributed by atoms with E-state index < -0.39 is 13.2 Å². The number of methoxy groups -OCH3 is 1. The van der Waals surface area contributed by atoms with Crippen molar-refractivity contribution in [1.29, 1.82) is 0 Å². The highest BCUT2D eigenvalue weighted by Gasteiger charge is 2.26. The SMILES string of the molecule is COc1c(NC(=O)Nc2ccc(Oc3ccnc(CCCn4cccn4)n3)c3ccccc23)cc(C(C)(C)C)cc1P(C)(C)=O. The number of carbonyl (C=O) groups excluding carboxylic acids is 1. The molecule has 0 spiro atoms. The number of carbonyl (C=O) groups is 1. The fourth-order valence-corrected chi connectivity index (χ4v) is 6.15. The molecule has 10 nitrogen and oxygen atoms in total. The fourth-order valence-electron chi connectivity index (χ4n) is 5.00. The van der Waals surface area contributed by atoms with Crippen LogP contribution in [0.1, 0.15) is 38.6 Å². The number of aromatic nitrogens is 4. The van der Waals surface area contributed by atoms with Gasteiger partial charge in [-0.25, -0.2) is 9.78 Å². The molecule has 2 aromatic heterocycles. The summed E-state index contributed by atoms with van der Waals surface area (Å²) < 4.78 is 27.0. The van der Waals surface area contributed by atoms with Crippen LogP contribution in [0.25, 0.3) is 10.8 Å². The molecule has 0 unspecified atom stereocenters. The van der Waals surface area contributed by atoms with Crippen molar-refractivity contribution in [3.05, 3.63) is 90.6 Å². The van der Waals surface area contributed by atoms with Crippen LogP contribution in [-0.2, 0) is 22.9 Å². The number of urea groups is 1. The van der Waals surface area contributed by atoms with Crippen LogP contribution in [0.4, 0.5) is 16.2 Å². The maximum atomic E-state index is 13.4. The maximum absolute atomic E-state index is 13.4. The molecule has 0 fully saturated rings. The largest absolute Gasteiger partial charge is 0.494 e. The number of hydrogen-bond donors (Lipinski definition) is 2. The quantitative estimate of drug-likeness (QED) is 0.155. The first-order valence-electron chi connectivity index (χ1n) is 14.8. The van der Waals surface area contributed by atoms with Gasteiger partial charge in [-0.1, -0.05) is 45.0 Å². The number of anilines is 2. The first-order chi connectivity index (χ1) is 21.4. The molecule has 2 N–H and O–H groups in total. The average molecular weight is 627 g/mol. The Hall–Kier alpha value is -4.69. The van der Waals surface area contributed by atoms with E-state index in [1.807, 2.05) is 53.3 Å². The number of ether oxygens (including phenoxy) is 2. The Morgan fingerprint density at radius 2 is 1.71 bits per heavy atom. The van der Waals surface area contributed by atoms with E-state index in [0.717, 1.165) is 29.3 Å². The molecule has 0 saturated carbocycles. The van der Waals surface area contributed by atoms with Crippen molar-refractivity contribution in [3.8, 4) is 17.4 Å². The molecule has 45 heavy (non-hydrogen) atoms. The minimum Gasteiger partial charge on any atom is -0.494 e. The van der Waals surface area contributed by atoms with Gasteiger partial charge in [-0.3, -0.25) is 4.68 Å². The van der Waals surface area contributed by atoms with Gasteiger partial charge in [-0.15, -0.1) is 0 Å². The molecule has 0 aliphatic rings. The van der Waals surface area contributed by atoms with Gasteiger partial charge in [0.05, 0.1) is 23.8 Å². The summed E-state index contributed by atoms with van der Waals surface area (Å²) in [6.07, 6.45) is 6.92. The zero-order valence-electron chi connectivity index (χ0n) is 26.5. The van der Waals surface area contributed by atoms with Crippen LogP contribution in [0.15, 0.2) is 79.3 Å². The van der Waals surface area contributed by atoms with Gasteiger partial charge in [0, 0.05) is 48.4 Å². The molecule has 0 aliphatic heterocycles. The van der Waals surface area contributed by atoms with Gasteiger partial charge < -0.3 is 24.7 Å². The molecule has 0 aliphatic carbocycles. The van der Waals surface area contributed by atoms with Crippen LogP contribution >= 0.6 is 7.14 Å². The highest BCUT2D eigenvalue weighted by atomic mass is 31.2. The summed E-state index contributed by atoms with van der Waals surface area (Å²) in [5.41, 5.74) is 1.75. The zero-order valence-corrected chi connectivity index (χ0v) is 27.4. The van der Waals surface area contributed by atoms with E-state index in [1.165, 1.54) is 7.11 Å². The van der Waals surface area contributed by atoms with Crippen molar-refractivity contribution in [3.63, 3.8) is 0 Å². The summed E-state index contributed by atoms with van der Waals surface area (Å²) in [6.45, 7) is 10.4. The summed E-state index contributed by atoms with van der Waals surface area (Å²) in [4.78, 5) is 22.4. The van der Waals surface area contributed by atoms with E-state index in [4.69, 9.17) is 9.47 Å². The third-order valence-electron chi connectivity index (χ3n) is 7.34. The predicted molar refractivity (Wildman–Crippen MR) is 180 cm³/mol. The van der Waals surface area contributed by atoms with Crippen LogP contribution in [0, 0.1) is 0 Å². The van der Waals surface area contributed by atoms with E-state index in [9.17, 15) is 9.36 Å². The zero-order chi connectivity index (χ0) is 32.2. The number of aryl methyl sites for hydroxylation is 2. The normalized spacial score (nSPS) is 11.8. The topological polar surface area (TPSA) is 120 Å². The second kappa shape index (κ2) is 13.1.